The summed E-state index contributed by atoms with van der Waals surface area (Å²) in [6, 6.07) is 0. The summed E-state index contributed by atoms with van der Waals surface area (Å²) >= 11 is 3.43. The van der Waals surface area contributed by atoms with Gasteiger partial charge in [0.25, 0.3) is 0 Å². The van der Waals surface area contributed by atoms with Crippen molar-refractivity contribution in [3.63, 3.8) is 0 Å². The van der Waals surface area contributed by atoms with Gasteiger partial charge < -0.3 is 10.1 Å². The summed E-state index contributed by atoms with van der Waals surface area (Å²) in [5, 5.41) is 3.82. The number of carbonyl (C=O) groups excluding carboxylic acids is 1. The molecule has 0 aromatic rings. The van der Waals surface area contributed by atoms with Crippen molar-refractivity contribution in [2.75, 3.05) is 18.5 Å². The van der Waals surface area contributed by atoms with E-state index in [1.54, 1.807) is 0 Å². The molecule has 1 aliphatic rings. The van der Waals surface area contributed by atoms with Crippen LogP contribution in [0.3, 0.4) is 0 Å². The minimum atomic E-state index is -0.336. The zero-order valence-corrected chi connectivity index (χ0v) is 10.6. The molecule has 4 heteroatoms. The molecular formula is C10H18BrNO2. The predicted octanol–water partition coefficient (Wildman–Crippen LogP) is 1.70. The van der Waals surface area contributed by atoms with Gasteiger partial charge in [-0.15, -0.1) is 0 Å². The molecule has 1 aliphatic heterocycles. The first-order chi connectivity index (χ1) is 6.40. The van der Waals surface area contributed by atoms with Crippen LogP contribution in [0.4, 0.5) is 0 Å². The molecule has 1 heterocycles. The number of hydrogen-bond acceptors (Lipinski definition) is 2. The van der Waals surface area contributed by atoms with Crippen molar-refractivity contribution in [2.24, 2.45) is 5.41 Å². The van der Waals surface area contributed by atoms with Crippen LogP contribution in [-0.2, 0) is 9.53 Å². The average molecular weight is 264 g/mol. The van der Waals surface area contributed by atoms with Gasteiger partial charge in [-0.25, -0.2) is 0 Å². The lowest BCUT2D eigenvalue weighted by Gasteiger charge is -2.30. The van der Waals surface area contributed by atoms with Crippen LogP contribution in [0, 0.1) is 5.41 Å². The Morgan fingerprint density at radius 1 is 1.57 bits per heavy atom. The Hall–Kier alpha value is -0.0900. The van der Waals surface area contributed by atoms with E-state index in [4.69, 9.17) is 4.74 Å². The van der Waals surface area contributed by atoms with E-state index in [1.807, 2.05) is 20.8 Å². The largest absolute Gasteiger partial charge is 0.379 e. The summed E-state index contributed by atoms with van der Waals surface area (Å²) in [7, 11) is 0. The smallest absolute Gasteiger partial charge is 0.225 e. The van der Waals surface area contributed by atoms with Gasteiger partial charge >= 0.3 is 0 Å². The first-order valence-corrected chi connectivity index (χ1v) is 5.98. The molecule has 3 nitrogen and oxygen atoms in total. The lowest BCUT2D eigenvalue weighted by molar-refractivity contribution is -0.130. The second-order valence-electron chi connectivity index (χ2n) is 4.92. The van der Waals surface area contributed by atoms with E-state index in [9.17, 15) is 4.79 Å². The Balaban J connectivity index is 2.61. The Labute approximate surface area is 93.7 Å². The summed E-state index contributed by atoms with van der Waals surface area (Å²) in [6.07, 6.45) is 0.889. The maximum atomic E-state index is 11.8. The van der Waals surface area contributed by atoms with Gasteiger partial charge in [-0.1, -0.05) is 36.7 Å². The second kappa shape index (κ2) is 4.19. The van der Waals surface area contributed by atoms with Crippen molar-refractivity contribution in [3.05, 3.63) is 0 Å². The highest BCUT2D eigenvalue weighted by atomic mass is 79.9. The van der Waals surface area contributed by atoms with Crippen LogP contribution in [0.2, 0.25) is 0 Å². The Morgan fingerprint density at radius 3 is 2.57 bits per heavy atom. The quantitative estimate of drug-likeness (QED) is 0.771. The number of hydrogen-bond donors (Lipinski definition) is 1. The summed E-state index contributed by atoms with van der Waals surface area (Å²) < 4.78 is 5.32. The summed E-state index contributed by atoms with van der Waals surface area (Å²) in [5.41, 5.74) is -0.526. The van der Waals surface area contributed by atoms with Crippen LogP contribution >= 0.6 is 15.9 Å². The molecule has 0 saturated carbocycles. The molecular weight excluding hydrogens is 246 g/mol. The third-order valence-electron chi connectivity index (χ3n) is 2.42. The standard InChI is InChI=1S/C10H18BrNO2/c1-9(2,3)8(13)12-10(6-11)4-5-14-7-10/h4-7H2,1-3H3,(H,12,13). The van der Waals surface area contributed by atoms with Crippen molar-refractivity contribution in [3.8, 4) is 0 Å². The van der Waals surface area contributed by atoms with Gasteiger partial charge in [-0.2, -0.15) is 0 Å². The molecule has 0 aliphatic carbocycles. The van der Waals surface area contributed by atoms with Crippen LogP contribution in [0.25, 0.3) is 0 Å². The van der Waals surface area contributed by atoms with E-state index in [1.165, 1.54) is 0 Å². The van der Waals surface area contributed by atoms with Crippen molar-refractivity contribution in [2.45, 2.75) is 32.7 Å². The van der Waals surface area contributed by atoms with Gasteiger partial charge in [0, 0.05) is 17.4 Å². The topological polar surface area (TPSA) is 38.3 Å². The Bertz CT molecular complexity index is 217. The zero-order valence-electron chi connectivity index (χ0n) is 9.02. The summed E-state index contributed by atoms with van der Waals surface area (Å²) in [5.74, 6) is 0.0856. The fourth-order valence-electron chi connectivity index (χ4n) is 1.27. The maximum absolute atomic E-state index is 11.8. The van der Waals surface area contributed by atoms with Gasteiger partial charge in [-0.05, 0) is 6.42 Å². The van der Waals surface area contributed by atoms with Crippen molar-refractivity contribution >= 4 is 21.8 Å². The fourth-order valence-corrected chi connectivity index (χ4v) is 1.86. The fraction of sp³-hybridized carbons (Fsp3) is 0.900. The number of nitrogens with one attached hydrogen (secondary N) is 1. The Kier molecular flexibility index (Phi) is 3.58. The van der Waals surface area contributed by atoms with Gasteiger partial charge in [0.2, 0.25) is 5.91 Å². The van der Waals surface area contributed by atoms with Gasteiger partial charge in [0.1, 0.15) is 0 Å². The molecule has 1 atom stereocenters. The zero-order chi connectivity index (χ0) is 10.8. The van der Waals surface area contributed by atoms with E-state index >= 15 is 0 Å². The van der Waals surface area contributed by atoms with E-state index in [2.05, 4.69) is 21.2 Å². The molecule has 82 valence electrons. The summed E-state index contributed by atoms with van der Waals surface area (Å²) in [6.45, 7) is 7.09. The molecule has 0 aromatic carbocycles. The second-order valence-corrected chi connectivity index (χ2v) is 5.48. The molecule has 0 spiro atoms. The SMILES string of the molecule is CC(C)(C)C(=O)NC1(CBr)CCOC1. The highest BCUT2D eigenvalue weighted by molar-refractivity contribution is 9.09. The highest BCUT2D eigenvalue weighted by Gasteiger charge is 2.37. The van der Waals surface area contributed by atoms with Crippen molar-refractivity contribution in [1.29, 1.82) is 0 Å². The van der Waals surface area contributed by atoms with Crippen molar-refractivity contribution < 1.29 is 9.53 Å². The third-order valence-corrected chi connectivity index (χ3v) is 3.49. The molecule has 1 amide bonds. The molecule has 1 saturated heterocycles. The first-order valence-electron chi connectivity index (χ1n) is 4.86. The minimum absolute atomic E-state index is 0.0856. The summed E-state index contributed by atoms with van der Waals surface area (Å²) in [4.78, 5) is 11.8. The maximum Gasteiger partial charge on any atom is 0.225 e. The lowest BCUT2D eigenvalue weighted by Crippen LogP contribution is -2.53. The number of halogens is 1. The van der Waals surface area contributed by atoms with Crippen LogP contribution in [0.1, 0.15) is 27.2 Å². The first kappa shape index (κ1) is 12.0. The van der Waals surface area contributed by atoms with E-state index in [-0.39, 0.29) is 16.9 Å². The van der Waals surface area contributed by atoms with Crippen LogP contribution in [0.5, 0.6) is 0 Å². The minimum Gasteiger partial charge on any atom is -0.379 e. The van der Waals surface area contributed by atoms with Crippen LogP contribution in [-0.4, -0.2) is 30.0 Å². The van der Waals surface area contributed by atoms with Gasteiger partial charge in [-0.3, -0.25) is 4.79 Å². The number of ether oxygens (including phenoxy) is 1. The van der Waals surface area contributed by atoms with Crippen molar-refractivity contribution in [1.82, 2.24) is 5.32 Å². The molecule has 0 bridgehead atoms. The predicted molar refractivity (Wildman–Crippen MR) is 59.6 cm³/mol. The van der Waals surface area contributed by atoms with Gasteiger partial charge in [0.05, 0.1) is 12.1 Å². The molecule has 1 rings (SSSR count). The number of amides is 1. The Morgan fingerprint density at radius 2 is 2.21 bits per heavy atom. The molecule has 1 unspecified atom stereocenters. The van der Waals surface area contributed by atoms with E-state index in [0.717, 1.165) is 18.4 Å². The number of rotatable bonds is 2. The number of carbonyl (C=O) groups is 1. The highest BCUT2D eigenvalue weighted by Crippen LogP contribution is 2.23. The number of alkyl halides is 1. The normalized spacial score (nSPS) is 27.7. The molecule has 1 N–H and O–H groups in total. The van der Waals surface area contributed by atoms with E-state index in [0.29, 0.717) is 6.61 Å². The van der Waals surface area contributed by atoms with Crippen LogP contribution < -0.4 is 5.32 Å². The molecule has 1 fully saturated rings. The lowest BCUT2D eigenvalue weighted by atomic mass is 9.92. The van der Waals surface area contributed by atoms with Crippen LogP contribution in [0.15, 0.2) is 0 Å². The third kappa shape index (κ3) is 2.70. The monoisotopic (exact) mass is 263 g/mol. The van der Waals surface area contributed by atoms with Gasteiger partial charge in [0.15, 0.2) is 0 Å². The molecule has 0 aromatic heterocycles. The molecule has 0 radical (unpaired) electrons. The molecule has 14 heavy (non-hydrogen) atoms. The average Bonchev–Trinajstić information content (AvgIpc) is 2.52. The van der Waals surface area contributed by atoms with E-state index < -0.39 is 0 Å².